The molecule has 0 bridgehead atoms. The fourth-order valence-corrected chi connectivity index (χ4v) is 2.82. The van der Waals surface area contributed by atoms with E-state index in [1.165, 1.54) is 26.2 Å². The van der Waals surface area contributed by atoms with Gasteiger partial charge < -0.3 is 10.1 Å². The van der Waals surface area contributed by atoms with Crippen LogP contribution in [0.2, 0.25) is 0 Å². The molecule has 1 aromatic heterocycles. The standard InChI is InChI=1S/C21H17F4N3O3/c1-12(20(30)26-14-6-7-16(17(22)11-14)21(23,24)25)28-19(29)9-8-18(27-28)13-4-3-5-15(10-13)31-2/h3-12H,1-2H3,(H,26,30). The fraction of sp³-hybridized carbons (Fsp3) is 0.190. The number of benzene rings is 2. The van der Waals surface area contributed by atoms with Crippen LogP contribution in [0, 0.1) is 5.82 Å². The van der Waals surface area contributed by atoms with Crippen molar-refractivity contribution in [1.29, 1.82) is 0 Å². The zero-order valence-corrected chi connectivity index (χ0v) is 16.4. The second-order valence-corrected chi connectivity index (χ2v) is 6.59. The molecule has 162 valence electrons. The van der Waals surface area contributed by atoms with Gasteiger partial charge in [0, 0.05) is 17.3 Å². The molecule has 1 N–H and O–H groups in total. The lowest BCUT2D eigenvalue weighted by atomic mass is 10.1. The van der Waals surface area contributed by atoms with Gasteiger partial charge in [0.15, 0.2) is 0 Å². The fourth-order valence-electron chi connectivity index (χ4n) is 2.82. The summed E-state index contributed by atoms with van der Waals surface area (Å²) in [7, 11) is 1.50. The molecule has 1 atom stereocenters. The van der Waals surface area contributed by atoms with Gasteiger partial charge in [-0.1, -0.05) is 12.1 Å². The molecule has 0 aliphatic heterocycles. The van der Waals surface area contributed by atoms with Crippen LogP contribution in [-0.4, -0.2) is 22.8 Å². The minimum Gasteiger partial charge on any atom is -0.497 e. The van der Waals surface area contributed by atoms with E-state index in [0.717, 1.165) is 10.7 Å². The molecule has 1 unspecified atom stereocenters. The van der Waals surface area contributed by atoms with Gasteiger partial charge in [-0.25, -0.2) is 9.07 Å². The quantitative estimate of drug-likeness (QED) is 0.608. The van der Waals surface area contributed by atoms with Crippen molar-refractivity contribution < 1.29 is 27.1 Å². The van der Waals surface area contributed by atoms with Crippen LogP contribution >= 0.6 is 0 Å². The molecule has 0 aliphatic rings. The van der Waals surface area contributed by atoms with E-state index in [1.54, 1.807) is 24.3 Å². The number of aromatic nitrogens is 2. The van der Waals surface area contributed by atoms with Crippen molar-refractivity contribution in [2.75, 3.05) is 12.4 Å². The molecular formula is C21H17F4N3O3. The number of ether oxygens (including phenoxy) is 1. The first-order valence-corrected chi connectivity index (χ1v) is 9.02. The average Bonchev–Trinajstić information content (AvgIpc) is 2.72. The number of carbonyl (C=O) groups excluding carboxylic acids is 1. The third kappa shape index (κ3) is 4.90. The van der Waals surface area contributed by atoms with E-state index in [9.17, 15) is 27.2 Å². The van der Waals surface area contributed by atoms with Crippen LogP contribution in [0.4, 0.5) is 23.2 Å². The van der Waals surface area contributed by atoms with Crippen molar-refractivity contribution in [2.45, 2.75) is 19.1 Å². The van der Waals surface area contributed by atoms with Crippen molar-refractivity contribution >= 4 is 11.6 Å². The molecule has 6 nitrogen and oxygen atoms in total. The van der Waals surface area contributed by atoms with Crippen LogP contribution in [0.3, 0.4) is 0 Å². The Morgan fingerprint density at radius 2 is 1.87 bits per heavy atom. The second-order valence-electron chi connectivity index (χ2n) is 6.59. The number of alkyl halides is 3. The lowest BCUT2D eigenvalue weighted by molar-refractivity contribution is -0.139. The monoisotopic (exact) mass is 435 g/mol. The number of halogens is 4. The van der Waals surface area contributed by atoms with Gasteiger partial charge >= 0.3 is 6.18 Å². The van der Waals surface area contributed by atoms with E-state index in [1.807, 2.05) is 0 Å². The zero-order chi connectivity index (χ0) is 22.8. The molecule has 1 heterocycles. The third-order valence-electron chi connectivity index (χ3n) is 4.48. The van der Waals surface area contributed by atoms with Gasteiger partial charge in [0.05, 0.1) is 18.4 Å². The highest BCUT2D eigenvalue weighted by Crippen LogP contribution is 2.32. The van der Waals surface area contributed by atoms with Crippen molar-refractivity contribution in [2.24, 2.45) is 0 Å². The van der Waals surface area contributed by atoms with Crippen LogP contribution in [0.1, 0.15) is 18.5 Å². The van der Waals surface area contributed by atoms with Crippen LogP contribution in [0.25, 0.3) is 11.3 Å². The predicted octanol–water partition coefficient (Wildman–Crippen LogP) is 4.28. The SMILES string of the molecule is COc1cccc(-c2ccc(=O)n(C(C)C(=O)Nc3ccc(C(F)(F)F)c(F)c3)n2)c1. The Balaban J connectivity index is 1.85. The molecule has 3 aromatic rings. The van der Waals surface area contributed by atoms with E-state index in [0.29, 0.717) is 29.1 Å². The Morgan fingerprint density at radius 3 is 2.52 bits per heavy atom. The Morgan fingerprint density at radius 1 is 1.13 bits per heavy atom. The Bertz CT molecular complexity index is 1180. The maximum Gasteiger partial charge on any atom is 0.419 e. The number of methoxy groups -OCH3 is 1. The van der Waals surface area contributed by atoms with E-state index >= 15 is 0 Å². The average molecular weight is 435 g/mol. The molecule has 0 radical (unpaired) electrons. The minimum absolute atomic E-state index is 0.181. The summed E-state index contributed by atoms with van der Waals surface area (Å²) < 4.78 is 57.9. The number of rotatable bonds is 5. The summed E-state index contributed by atoms with van der Waals surface area (Å²) in [5.41, 5.74) is -1.14. The molecule has 0 saturated carbocycles. The maximum atomic E-state index is 13.7. The highest BCUT2D eigenvalue weighted by molar-refractivity contribution is 5.93. The van der Waals surface area contributed by atoms with Crippen LogP contribution in [0.5, 0.6) is 5.75 Å². The number of hydrogen-bond donors (Lipinski definition) is 1. The first kappa shape index (κ1) is 22.0. The van der Waals surface area contributed by atoms with E-state index in [-0.39, 0.29) is 5.69 Å². The van der Waals surface area contributed by atoms with Crippen LogP contribution in [0.15, 0.2) is 59.4 Å². The third-order valence-corrected chi connectivity index (χ3v) is 4.48. The van der Waals surface area contributed by atoms with E-state index in [4.69, 9.17) is 4.74 Å². The molecule has 10 heteroatoms. The van der Waals surface area contributed by atoms with E-state index in [2.05, 4.69) is 10.4 Å². The van der Waals surface area contributed by atoms with Gasteiger partial charge in [-0.2, -0.15) is 18.3 Å². The minimum atomic E-state index is -4.85. The van der Waals surface area contributed by atoms with Crippen molar-refractivity contribution in [3.63, 3.8) is 0 Å². The van der Waals surface area contributed by atoms with Crippen molar-refractivity contribution in [3.05, 3.63) is 76.3 Å². The Hall–Kier alpha value is -3.69. The summed E-state index contributed by atoms with van der Waals surface area (Å²) in [6.45, 7) is 1.39. The molecule has 2 aromatic carbocycles. The van der Waals surface area contributed by atoms with Gasteiger partial charge in [-0.05, 0) is 43.3 Å². The van der Waals surface area contributed by atoms with Gasteiger partial charge in [-0.3, -0.25) is 9.59 Å². The number of carbonyl (C=O) groups is 1. The normalized spacial score (nSPS) is 12.3. The number of nitrogens with one attached hydrogen (secondary N) is 1. The first-order valence-electron chi connectivity index (χ1n) is 9.02. The Kier molecular flexibility index (Phi) is 6.09. The summed E-state index contributed by atoms with van der Waals surface area (Å²) in [4.78, 5) is 24.8. The zero-order valence-electron chi connectivity index (χ0n) is 16.4. The molecule has 0 fully saturated rings. The van der Waals surface area contributed by atoms with Crippen molar-refractivity contribution in [1.82, 2.24) is 9.78 Å². The summed E-state index contributed by atoms with van der Waals surface area (Å²) in [5.74, 6) is -1.70. The topological polar surface area (TPSA) is 73.2 Å². The number of anilines is 1. The van der Waals surface area contributed by atoms with E-state index < -0.39 is 35.1 Å². The summed E-state index contributed by atoms with van der Waals surface area (Å²) >= 11 is 0. The largest absolute Gasteiger partial charge is 0.497 e. The first-order chi connectivity index (χ1) is 14.6. The second kappa shape index (κ2) is 8.58. The smallest absolute Gasteiger partial charge is 0.419 e. The summed E-state index contributed by atoms with van der Waals surface area (Å²) in [6, 6.07) is 10.6. The number of hydrogen-bond acceptors (Lipinski definition) is 4. The van der Waals surface area contributed by atoms with Gasteiger partial charge in [0.25, 0.3) is 5.56 Å². The molecule has 1 amide bonds. The lowest BCUT2D eigenvalue weighted by Gasteiger charge is -2.16. The maximum absolute atomic E-state index is 13.7. The van der Waals surface area contributed by atoms with Gasteiger partial charge in [0.2, 0.25) is 5.91 Å². The van der Waals surface area contributed by atoms with Gasteiger partial charge in [-0.15, -0.1) is 0 Å². The number of nitrogens with zero attached hydrogens (tertiary/aromatic N) is 2. The molecule has 31 heavy (non-hydrogen) atoms. The molecule has 0 spiro atoms. The number of amides is 1. The Labute approximate surface area is 174 Å². The van der Waals surface area contributed by atoms with Crippen LogP contribution < -0.4 is 15.6 Å². The van der Waals surface area contributed by atoms with Gasteiger partial charge in [0.1, 0.15) is 17.6 Å². The molecular weight excluding hydrogens is 418 g/mol. The predicted molar refractivity (Wildman–Crippen MR) is 105 cm³/mol. The highest BCUT2D eigenvalue weighted by atomic mass is 19.4. The highest BCUT2D eigenvalue weighted by Gasteiger charge is 2.34. The molecule has 3 rings (SSSR count). The lowest BCUT2D eigenvalue weighted by Crippen LogP contribution is -2.33. The molecule has 0 saturated heterocycles. The van der Waals surface area contributed by atoms with Crippen LogP contribution in [-0.2, 0) is 11.0 Å². The van der Waals surface area contributed by atoms with Crippen molar-refractivity contribution in [3.8, 4) is 17.0 Å². The summed E-state index contributed by atoms with van der Waals surface area (Å²) in [5, 5.41) is 6.51. The summed E-state index contributed by atoms with van der Waals surface area (Å²) in [6.07, 6.45) is -4.85. The molecule has 0 aliphatic carbocycles.